The number of hydrogen-bond donors (Lipinski definition) is 2. The van der Waals surface area contributed by atoms with Crippen LogP contribution in [-0.2, 0) is 19.1 Å². The lowest BCUT2D eigenvalue weighted by molar-refractivity contribution is -0.357. The molecule has 12 heteroatoms. The predicted molar refractivity (Wildman–Crippen MR) is 102 cm³/mol. The zero-order valence-electron chi connectivity index (χ0n) is 16.3. The van der Waals surface area contributed by atoms with E-state index in [0.717, 1.165) is 6.07 Å². The average Bonchev–Trinajstić information content (AvgIpc) is 2.63. The molecule has 1 aromatic carbocycles. The largest absolute Gasteiger partial charge is 0.522 e. The second-order valence-electron chi connectivity index (χ2n) is 6.71. The molecule has 1 saturated carbocycles. The molecule has 0 saturated heterocycles. The van der Waals surface area contributed by atoms with Crippen molar-refractivity contribution < 1.29 is 41.4 Å². The van der Waals surface area contributed by atoms with Crippen molar-refractivity contribution in [3.63, 3.8) is 0 Å². The third-order valence-corrected chi connectivity index (χ3v) is 4.43. The zero-order valence-corrected chi connectivity index (χ0v) is 17.0. The normalized spacial score (nSPS) is 18.1. The highest BCUT2D eigenvalue weighted by Gasteiger charge is 2.40. The molecule has 7 nitrogen and oxygen atoms in total. The molecule has 1 aliphatic rings. The Labute approximate surface area is 180 Å². The molecule has 2 N–H and O–H groups in total. The highest BCUT2D eigenvalue weighted by Crippen LogP contribution is 2.31. The van der Waals surface area contributed by atoms with Gasteiger partial charge in [-0.1, -0.05) is 18.2 Å². The van der Waals surface area contributed by atoms with Gasteiger partial charge in [0, 0.05) is 37.6 Å². The molecule has 0 radical (unpaired) electrons. The standard InChI is InChI=1S/C19H21ClF4N2O5/c1-11(26-18(28)10-29-12-2-3-15(20)16(21)8-12)4-5-25-17(27)9-30-13-6-14(7-13)31-19(22,23)24/h2-3,8,13-14H,1,4-7,9-10H2,(H,25,27)(H,26,28). The van der Waals surface area contributed by atoms with Gasteiger partial charge in [-0.15, -0.1) is 13.2 Å². The van der Waals surface area contributed by atoms with Gasteiger partial charge in [0.2, 0.25) is 5.91 Å². The summed E-state index contributed by atoms with van der Waals surface area (Å²) in [6, 6.07) is 3.77. The number of hydrogen-bond acceptors (Lipinski definition) is 5. The lowest BCUT2D eigenvalue weighted by Crippen LogP contribution is -2.42. The molecule has 31 heavy (non-hydrogen) atoms. The van der Waals surface area contributed by atoms with Crippen LogP contribution in [0.3, 0.4) is 0 Å². The van der Waals surface area contributed by atoms with Crippen LogP contribution in [0.4, 0.5) is 17.6 Å². The van der Waals surface area contributed by atoms with Crippen molar-refractivity contribution >= 4 is 23.4 Å². The quantitative estimate of drug-likeness (QED) is 0.487. The van der Waals surface area contributed by atoms with Crippen molar-refractivity contribution in [1.29, 1.82) is 0 Å². The molecule has 0 unspecified atom stereocenters. The number of nitrogens with one attached hydrogen (secondary N) is 2. The minimum Gasteiger partial charge on any atom is -0.484 e. The van der Waals surface area contributed by atoms with Gasteiger partial charge in [-0.25, -0.2) is 4.39 Å². The molecule has 1 aromatic rings. The maximum Gasteiger partial charge on any atom is 0.522 e. The minimum atomic E-state index is -4.68. The number of benzene rings is 1. The third-order valence-electron chi connectivity index (χ3n) is 4.13. The molecule has 2 rings (SSSR count). The fourth-order valence-corrected chi connectivity index (χ4v) is 2.66. The van der Waals surface area contributed by atoms with Crippen LogP contribution in [0.5, 0.6) is 5.75 Å². The smallest absolute Gasteiger partial charge is 0.484 e. The Hall–Kier alpha value is -2.37. The average molecular weight is 469 g/mol. The van der Waals surface area contributed by atoms with Gasteiger partial charge < -0.3 is 20.1 Å². The number of ether oxygens (including phenoxy) is 3. The Morgan fingerprint density at radius 3 is 2.52 bits per heavy atom. The van der Waals surface area contributed by atoms with Crippen molar-refractivity contribution in [1.82, 2.24) is 10.6 Å². The molecular weight excluding hydrogens is 448 g/mol. The van der Waals surface area contributed by atoms with Gasteiger partial charge in [-0.2, -0.15) is 0 Å². The summed E-state index contributed by atoms with van der Waals surface area (Å²) in [5.41, 5.74) is 0.322. The van der Waals surface area contributed by atoms with E-state index in [1.807, 2.05) is 0 Å². The Balaban J connectivity index is 1.52. The first-order valence-electron chi connectivity index (χ1n) is 9.20. The maximum absolute atomic E-state index is 13.3. The van der Waals surface area contributed by atoms with Gasteiger partial charge in [0.15, 0.2) is 6.61 Å². The summed E-state index contributed by atoms with van der Waals surface area (Å²) in [5, 5.41) is 4.95. The number of rotatable bonds is 11. The van der Waals surface area contributed by atoms with E-state index in [2.05, 4.69) is 21.9 Å². The fourth-order valence-electron chi connectivity index (χ4n) is 2.55. The van der Waals surface area contributed by atoms with Crippen LogP contribution in [0.25, 0.3) is 0 Å². The van der Waals surface area contributed by atoms with Gasteiger partial charge in [-0.3, -0.25) is 14.3 Å². The molecule has 0 heterocycles. The van der Waals surface area contributed by atoms with Crippen LogP contribution in [0.1, 0.15) is 19.3 Å². The molecule has 0 bridgehead atoms. The number of carbonyl (C=O) groups is 2. The highest BCUT2D eigenvalue weighted by atomic mass is 35.5. The van der Waals surface area contributed by atoms with Crippen LogP contribution < -0.4 is 15.4 Å². The molecule has 1 aliphatic carbocycles. The first kappa shape index (κ1) is 24.9. The van der Waals surface area contributed by atoms with E-state index in [-0.39, 0.29) is 49.8 Å². The maximum atomic E-state index is 13.3. The van der Waals surface area contributed by atoms with E-state index in [9.17, 15) is 27.2 Å². The Kier molecular flexibility index (Phi) is 9.08. The van der Waals surface area contributed by atoms with E-state index >= 15 is 0 Å². The molecule has 0 spiro atoms. The van der Waals surface area contributed by atoms with Crippen LogP contribution in [0, 0.1) is 5.82 Å². The monoisotopic (exact) mass is 468 g/mol. The van der Waals surface area contributed by atoms with E-state index in [1.165, 1.54) is 12.1 Å². The first-order chi connectivity index (χ1) is 14.5. The van der Waals surface area contributed by atoms with Gasteiger partial charge in [-0.05, 0) is 12.1 Å². The van der Waals surface area contributed by atoms with E-state index in [1.54, 1.807) is 0 Å². The lowest BCUT2D eigenvalue weighted by Gasteiger charge is -2.34. The summed E-state index contributed by atoms with van der Waals surface area (Å²) in [5.74, 6) is -1.50. The van der Waals surface area contributed by atoms with Crippen LogP contribution in [-0.4, -0.2) is 50.1 Å². The Bertz CT molecular complexity index is 800. The predicted octanol–water partition coefficient (Wildman–Crippen LogP) is 3.08. The molecule has 172 valence electrons. The van der Waals surface area contributed by atoms with Crippen molar-refractivity contribution in [2.75, 3.05) is 19.8 Å². The number of carbonyl (C=O) groups excluding carboxylic acids is 2. The fraction of sp³-hybridized carbons (Fsp3) is 0.474. The Morgan fingerprint density at radius 1 is 1.16 bits per heavy atom. The molecule has 0 aliphatic heterocycles. The zero-order chi connectivity index (χ0) is 23.0. The summed E-state index contributed by atoms with van der Waals surface area (Å²) >= 11 is 5.55. The van der Waals surface area contributed by atoms with E-state index in [4.69, 9.17) is 21.1 Å². The summed E-state index contributed by atoms with van der Waals surface area (Å²) in [4.78, 5) is 23.5. The Morgan fingerprint density at radius 2 is 1.87 bits per heavy atom. The lowest BCUT2D eigenvalue weighted by atomic mass is 9.92. The summed E-state index contributed by atoms with van der Waals surface area (Å²) < 4.78 is 63.5. The summed E-state index contributed by atoms with van der Waals surface area (Å²) in [6.45, 7) is 3.14. The minimum absolute atomic E-state index is 0.0648. The second kappa shape index (κ2) is 11.3. The van der Waals surface area contributed by atoms with Crippen molar-refractivity contribution in [3.8, 4) is 5.75 Å². The van der Waals surface area contributed by atoms with E-state index < -0.39 is 36.2 Å². The van der Waals surface area contributed by atoms with Crippen LogP contribution >= 0.6 is 11.6 Å². The number of alkyl halides is 3. The van der Waals surface area contributed by atoms with Crippen LogP contribution in [0.15, 0.2) is 30.5 Å². The topological polar surface area (TPSA) is 85.9 Å². The van der Waals surface area contributed by atoms with Crippen molar-refractivity contribution in [3.05, 3.63) is 41.3 Å². The van der Waals surface area contributed by atoms with Gasteiger partial charge in [0.05, 0.1) is 17.2 Å². The highest BCUT2D eigenvalue weighted by molar-refractivity contribution is 6.30. The molecule has 1 fully saturated rings. The summed E-state index contributed by atoms with van der Waals surface area (Å²) in [7, 11) is 0. The number of amides is 2. The second-order valence-corrected chi connectivity index (χ2v) is 7.11. The van der Waals surface area contributed by atoms with Crippen molar-refractivity contribution in [2.24, 2.45) is 0 Å². The number of halogens is 5. The van der Waals surface area contributed by atoms with Gasteiger partial charge in [0.25, 0.3) is 5.91 Å². The third kappa shape index (κ3) is 9.53. The summed E-state index contributed by atoms with van der Waals surface area (Å²) in [6.07, 6.45) is -5.70. The molecule has 0 atom stereocenters. The molecule has 2 amide bonds. The first-order valence-corrected chi connectivity index (χ1v) is 9.58. The van der Waals surface area contributed by atoms with E-state index in [0.29, 0.717) is 5.70 Å². The van der Waals surface area contributed by atoms with Crippen LogP contribution in [0.2, 0.25) is 5.02 Å². The molecule has 0 aromatic heterocycles. The van der Waals surface area contributed by atoms with Gasteiger partial charge in [0.1, 0.15) is 18.2 Å². The SMILES string of the molecule is C=C(CCNC(=O)COC1CC(OC(F)(F)F)C1)NC(=O)COc1ccc(Cl)c(F)c1. The van der Waals surface area contributed by atoms with Gasteiger partial charge >= 0.3 is 6.36 Å². The van der Waals surface area contributed by atoms with Crippen molar-refractivity contribution in [2.45, 2.75) is 37.8 Å². The molecular formula is C19H21ClF4N2O5.